The van der Waals surface area contributed by atoms with Gasteiger partial charge < -0.3 is 19.6 Å². The third-order valence-electron chi connectivity index (χ3n) is 5.29. The molecule has 1 aromatic heterocycles. The highest BCUT2D eigenvalue weighted by Crippen LogP contribution is 2.22. The third-order valence-corrected chi connectivity index (χ3v) is 5.29. The lowest BCUT2D eigenvalue weighted by molar-refractivity contribution is -0.145. The molecule has 2 aromatic rings. The first-order valence-electron chi connectivity index (χ1n) is 11.3. The van der Waals surface area contributed by atoms with Crippen LogP contribution < -0.4 is 14.5 Å². The third kappa shape index (κ3) is 7.66. The van der Waals surface area contributed by atoms with Gasteiger partial charge in [-0.3, -0.25) is 0 Å². The second kappa shape index (κ2) is 12.8. The molecule has 0 aliphatic rings. The first kappa shape index (κ1) is 25.4. The minimum Gasteiger partial charge on any atom is -0.479 e. The van der Waals surface area contributed by atoms with Gasteiger partial charge in [-0.2, -0.15) is 0 Å². The second-order valence-corrected chi connectivity index (χ2v) is 8.05. The van der Waals surface area contributed by atoms with Crippen LogP contribution in [-0.4, -0.2) is 54.3 Å². The van der Waals surface area contributed by atoms with E-state index in [1.165, 1.54) is 25.0 Å². The smallest absolute Gasteiger partial charge is 0.344 e. The Balaban J connectivity index is 2.07. The molecular weight excluding hydrogens is 411 g/mol. The highest BCUT2D eigenvalue weighted by atomic mass is 19.1. The molecule has 32 heavy (non-hydrogen) atoms. The van der Waals surface area contributed by atoms with Crippen LogP contribution in [0.5, 0.6) is 5.75 Å². The van der Waals surface area contributed by atoms with Gasteiger partial charge >= 0.3 is 5.97 Å². The van der Waals surface area contributed by atoms with Crippen LogP contribution in [0.3, 0.4) is 0 Å². The van der Waals surface area contributed by atoms with E-state index in [2.05, 4.69) is 21.8 Å². The first-order valence-corrected chi connectivity index (χ1v) is 11.3. The number of aliphatic carboxylic acids is 1. The van der Waals surface area contributed by atoms with Crippen LogP contribution in [-0.2, 0) is 11.2 Å². The first-order chi connectivity index (χ1) is 15.3. The van der Waals surface area contributed by atoms with Gasteiger partial charge in [0.2, 0.25) is 5.95 Å². The van der Waals surface area contributed by atoms with E-state index in [4.69, 9.17) is 9.84 Å². The molecule has 0 amide bonds. The average Bonchev–Trinajstić information content (AvgIpc) is 2.78. The van der Waals surface area contributed by atoms with Crippen molar-refractivity contribution in [3.8, 4) is 5.75 Å². The number of aromatic nitrogens is 2. The molecule has 0 aliphatic heterocycles. The van der Waals surface area contributed by atoms with Gasteiger partial charge in [0.05, 0.1) is 18.1 Å². The Hall–Kier alpha value is -2.90. The highest BCUT2D eigenvalue weighted by molar-refractivity contribution is 5.72. The average molecular weight is 447 g/mol. The highest BCUT2D eigenvalue weighted by Gasteiger charge is 2.19. The molecule has 0 fully saturated rings. The number of carboxylic acids is 1. The minimum absolute atomic E-state index is 0.0398. The molecular formula is C24H35FN4O3. The summed E-state index contributed by atoms with van der Waals surface area (Å²) in [7, 11) is 3.89. The van der Waals surface area contributed by atoms with Crippen LogP contribution in [0.4, 0.5) is 16.0 Å². The molecule has 0 bridgehead atoms. The number of hydrogen-bond acceptors (Lipinski definition) is 6. The molecule has 0 spiro atoms. The van der Waals surface area contributed by atoms with Crippen LogP contribution in [0.2, 0.25) is 0 Å². The summed E-state index contributed by atoms with van der Waals surface area (Å²) in [5.74, 6) is -1.03. The largest absolute Gasteiger partial charge is 0.479 e. The lowest BCUT2D eigenvalue weighted by atomic mass is 10.1. The summed E-state index contributed by atoms with van der Waals surface area (Å²) in [6, 6.07) is 4.69. The summed E-state index contributed by atoms with van der Waals surface area (Å²) in [4.78, 5) is 24.3. The summed E-state index contributed by atoms with van der Waals surface area (Å²) in [5, 5.41) is 9.12. The zero-order chi connectivity index (χ0) is 23.5. The van der Waals surface area contributed by atoms with E-state index < -0.39 is 17.9 Å². The van der Waals surface area contributed by atoms with Gasteiger partial charge in [0.15, 0.2) is 17.7 Å². The fraction of sp³-hybridized carbons (Fsp3) is 0.542. The fourth-order valence-electron chi connectivity index (χ4n) is 3.27. The summed E-state index contributed by atoms with van der Waals surface area (Å²) in [5.41, 5.74) is 1.74. The molecule has 1 atom stereocenters. The lowest BCUT2D eigenvalue weighted by Crippen LogP contribution is -2.29. The van der Waals surface area contributed by atoms with Crippen molar-refractivity contribution in [1.82, 2.24) is 9.97 Å². The number of rotatable bonds is 14. The van der Waals surface area contributed by atoms with E-state index in [9.17, 15) is 9.18 Å². The molecule has 176 valence electrons. The molecule has 0 radical (unpaired) electrons. The molecule has 7 nitrogen and oxygen atoms in total. The Morgan fingerprint density at radius 2 is 1.84 bits per heavy atom. The van der Waals surface area contributed by atoms with Gasteiger partial charge in [-0.1, -0.05) is 39.2 Å². The van der Waals surface area contributed by atoms with Crippen molar-refractivity contribution < 1.29 is 19.0 Å². The number of benzene rings is 1. The van der Waals surface area contributed by atoms with Crippen molar-refractivity contribution in [2.24, 2.45) is 0 Å². The maximum absolute atomic E-state index is 14.5. The summed E-state index contributed by atoms with van der Waals surface area (Å²) in [6.07, 6.45) is 7.97. The molecule has 1 aromatic carbocycles. The molecule has 0 saturated heterocycles. The van der Waals surface area contributed by atoms with Crippen molar-refractivity contribution >= 4 is 17.6 Å². The SMILES string of the molecule is CCCCCCN(CCc1ccc(OC(CC)C(=O)O)c(F)c1)c1ncc(N(C)C)cn1. The molecule has 1 heterocycles. The standard InChI is InChI=1S/C24H35FN4O3/c1-5-7-8-9-13-29(24-26-16-19(17-27-24)28(3)4)14-12-18-10-11-22(20(25)15-18)32-21(6-2)23(30)31/h10-11,15-17,21H,5-9,12-14H2,1-4H3,(H,30,31). The maximum atomic E-state index is 14.5. The number of halogens is 1. The Morgan fingerprint density at radius 1 is 1.12 bits per heavy atom. The predicted octanol–water partition coefficient (Wildman–Crippen LogP) is 4.55. The fourth-order valence-corrected chi connectivity index (χ4v) is 3.27. The Labute approximate surface area is 190 Å². The lowest BCUT2D eigenvalue weighted by Gasteiger charge is -2.23. The van der Waals surface area contributed by atoms with Crippen LogP contribution in [0.25, 0.3) is 0 Å². The van der Waals surface area contributed by atoms with Crippen molar-refractivity contribution in [3.63, 3.8) is 0 Å². The van der Waals surface area contributed by atoms with E-state index in [0.717, 1.165) is 30.6 Å². The molecule has 1 N–H and O–H groups in total. The van der Waals surface area contributed by atoms with Crippen molar-refractivity contribution in [2.75, 3.05) is 37.0 Å². The molecule has 0 aliphatic carbocycles. The normalized spacial score (nSPS) is 11.8. The van der Waals surface area contributed by atoms with Crippen LogP contribution in [0.1, 0.15) is 51.5 Å². The maximum Gasteiger partial charge on any atom is 0.344 e. The van der Waals surface area contributed by atoms with Gasteiger partial charge in [-0.15, -0.1) is 0 Å². The number of nitrogens with zero attached hydrogens (tertiary/aromatic N) is 4. The topological polar surface area (TPSA) is 78.8 Å². The Kier molecular flexibility index (Phi) is 10.2. The minimum atomic E-state index is -1.10. The van der Waals surface area contributed by atoms with Crippen molar-refractivity contribution in [2.45, 2.75) is 58.5 Å². The van der Waals surface area contributed by atoms with Gasteiger partial charge in [-0.25, -0.2) is 19.2 Å². The van der Waals surface area contributed by atoms with E-state index in [-0.39, 0.29) is 12.2 Å². The van der Waals surface area contributed by atoms with E-state index in [1.54, 1.807) is 25.4 Å². The van der Waals surface area contributed by atoms with E-state index in [0.29, 0.717) is 18.9 Å². The van der Waals surface area contributed by atoms with Gasteiger partial charge in [-0.05, 0) is 37.0 Å². The molecule has 8 heteroatoms. The summed E-state index contributed by atoms with van der Waals surface area (Å²) in [6.45, 7) is 5.36. The summed E-state index contributed by atoms with van der Waals surface area (Å²) < 4.78 is 19.8. The second-order valence-electron chi connectivity index (χ2n) is 8.05. The zero-order valence-corrected chi connectivity index (χ0v) is 19.6. The molecule has 1 unspecified atom stereocenters. The van der Waals surface area contributed by atoms with Crippen LogP contribution in [0.15, 0.2) is 30.6 Å². The number of carbonyl (C=O) groups is 1. The zero-order valence-electron chi connectivity index (χ0n) is 19.6. The van der Waals surface area contributed by atoms with Crippen LogP contribution in [0, 0.1) is 5.82 Å². The molecule has 0 saturated carbocycles. The number of ether oxygens (including phenoxy) is 1. The number of carboxylic acid groups (broad SMARTS) is 1. The van der Waals surface area contributed by atoms with Crippen LogP contribution >= 0.6 is 0 Å². The molecule has 2 rings (SSSR count). The van der Waals surface area contributed by atoms with Crippen molar-refractivity contribution in [1.29, 1.82) is 0 Å². The Morgan fingerprint density at radius 3 is 2.41 bits per heavy atom. The number of anilines is 2. The predicted molar refractivity (Wildman–Crippen MR) is 125 cm³/mol. The van der Waals surface area contributed by atoms with E-state index >= 15 is 0 Å². The number of hydrogen-bond donors (Lipinski definition) is 1. The number of unbranched alkanes of at least 4 members (excludes halogenated alkanes) is 3. The van der Waals surface area contributed by atoms with Gasteiger partial charge in [0, 0.05) is 27.2 Å². The summed E-state index contributed by atoms with van der Waals surface area (Å²) >= 11 is 0. The Bertz CT molecular complexity index is 846. The monoisotopic (exact) mass is 446 g/mol. The van der Waals surface area contributed by atoms with E-state index in [1.807, 2.05) is 19.0 Å². The quantitative estimate of drug-likeness (QED) is 0.426. The van der Waals surface area contributed by atoms with Crippen molar-refractivity contribution in [3.05, 3.63) is 42.0 Å². The van der Waals surface area contributed by atoms with Gasteiger partial charge in [0.1, 0.15) is 0 Å². The van der Waals surface area contributed by atoms with Gasteiger partial charge in [0.25, 0.3) is 0 Å².